The summed E-state index contributed by atoms with van der Waals surface area (Å²) >= 11 is 1.70. The molecule has 0 bridgehead atoms. The second-order valence-corrected chi connectivity index (χ2v) is 6.40. The number of aromatic nitrogens is 2. The van der Waals surface area contributed by atoms with Gasteiger partial charge in [-0.3, -0.25) is 9.48 Å². The largest absolute Gasteiger partial charge is 0.293 e. The minimum atomic E-state index is 0.224. The molecule has 0 aromatic carbocycles. The van der Waals surface area contributed by atoms with Crippen LogP contribution in [0.1, 0.15) is 44.3 Å². The first-order valence-corrected chi connectivity index (χ1v) is 7.59. The summed E-state index contributed by atoms with van der Waals surface area (Å²) < 4.78 is 1.81. The van der Waals surface area contributed by atoms with E-state index in [2.05, 4.69) is 11.2 Å². The average molecular weight is 274 g/mol. The predicted molar refractivity (Wildman–Crippen MR) is 76.9 cm³/mol. The molecule has 0 fully saturated rings. The lowest BCUT2D eigenvalue weighted by Gasteiger charge is -2.08. The van der Waals surface area contributed by atoms with E-state index in [4.69, 9.17) is 0 Å². The molecular formula is C15H18N2OS. The third-order valence-electron chi connectivity index (χ3n) is 3.71. The lowest BCUT2D eigenvalue weighted by molar-refractivity contribution is 0.0994. The Balaban J connectivity index is 1.80. The molecule has 0 saturated heterocycles. The SMILES string of the molecule is Cc1cc(CC(=O)c2cc3c(s2)CCCC3)n(C)n1. The Morgan fingerprint density at radius 1 is 1.37 bits per heavy atom. The van der Waals surface area contributed by atoms with Gasteiger partial charge >= 0.3 is 0 Å². The van der Waals surface area contributed by atoms with Crippen molar-refractivity contribution in [3.05, 3.63) is 38.8 Å². The lowest BCUT2D eigenvalue weighted by atomic mass is 9.99. The topological polar surface area (TPSA) is 34.9 Å². The van der Waals surface area contributed by atoms with Gasteiger partial charge in [0.2, 0.25) is 0 Å². The van der Waals surface area contributed by atoms with Crippen molar-refractivity contribution in [1.29, 1.82) is 0 Å². The van der Waals surface area contributed by atoms with E-state index in [-0.39, 0.29) is 5.78 Å². The molecule has 0 saturated carbocycles. The predicted octanol–water partition coefficient (Wildman–Crippen LogP) is 3.09. The summed E-state index contributed by atoms with van der Waals surface area (Å²) in [5.74, 6) is 0.224. The van der Waals surface area contributed by atoms with E-state index >= 15 is 0 Å². The maximum atomic E-state index is 12.4. The second-order valence-electron chi connectivity index (χ2n) is 5.27. The summed E-state index contributed by atoms with van der Waals surface area (Å²) in [6.45, 7) is 1.96. The minimum absolute atomic E-state index is 0.224. The van der Waals surface area contributed by atoms with Gasteiger partial charge < -0.3 is 0 Å². The molecule has 0 spiro atoms. The fourth-order valence-corrected chi connectivity index (χ4v) is 3.90. The Kier molecular flexibility index (Phi) is 3.27. The lowest BCUT2D eigenvalue weighted by Crippen LogP contribution is -2.06. The molecule has 2 heterocycles. The Hall–Kier alpha value is -1.42. The van der Waals surface area contributed by atoms with E-state index in [0.717, 1.165) is 29.1 Å². The maximum absolute atomic E-state index is 12.4. The zero-order chi connectivity index (χ0) is 13.4. The van der Waals surface area contributed by atoms with Crippen LogP contribution >= 0.6 is 11.3 Å². The van der Waals surface area contributed by atoms with Crippen LogP contribution in [0.15, 0.2) is 12.1 Å². The van der Waals surface area contributed by atoms with E-state index < -0.39 is 0 Å². The molecule has 2 aromatic rings. The average Bonchev–Trinajstić information content (AvgIpc) is 2.93. The van der Waals surface area contributed by atoms with Crippen LogP contribution < -0.4 is 0 Å². The van der Waals surface area contributed by atoms with Gasteiger partial charge in [-0.05, 0) is 50.3 Å². The first-order chi connectivity index (χ1) is 9.13. The molecule has 4 heteroatoms. The highest BCUT2D eigenvalue weighted by Gasteiger charge is 2.18. The molecule has 0 atom stereocenters. The van der Waals surface area contributed by atoms with Crippen LogP contribution in [0.5, 0.6) is 0 Å². The van der Waals surface area contributed by atoms with Crippen LogP contribution in [0.25, 0.3) is 0 Å². The van der Waals surface area contributed by atoms with Crippen molar-refractivity contribution in [1.82, 2.24) is 9.78 Å². The standard InChI is InChI=1S/C15H18N2OS/c1-10-7-12(17(2)16-10)9-13(18)15-8-11-5-3-4-6-14(11)19-15/h7-8H,3-6,9H2,1-2H3. The van der Waals surface area contributed by atoms with Crippen LogP contribution in [0.2, 0.25) is 0 Å². The van der Waals surface area contributed by atoms with Gasteiger partial charge in [0.05, 0.1) is 17.0 Å². The molecule has 1 aliphatic rings. The van der Waals surface area contributed by atoms with E-state index in [0.29, 0.717) is 6.42 Å². The summed E-state index contributed by atoms with van der Waals surface area (Å²) in [5.41, 5.74) is 3.37. The highest BCUT2D eigenvalue weighted by Crippen LogP contribution is 2.30. The van der Waals surface area contributed by atoms with Crippen molar-refractivity contribution in [2.45, 2.75) is 39.0 Å². The van der Waals surface area contributed by atoms with Crippen LogP contribution in [-0.4, -0.2) is 15.6 Å². The van der Waals surface area contributed by atoms with Crippen molar-refractivity contribution in [2.75, 3.05) is 0 Å². The molecule has 3 rings (SSSR count). The van der Waals surface area contributed by atoms with Crippen molar-refractivity contribution in [2.24, 2.45) is 7.05 Å². The minimum Gasteiger partial charge on any atom is -0.293 e. The Morgan fingerprint density at radius 3 is 2.84 bits per heavy atom. The summed E-state index contributed by atoms with van der Waals surface area (Å²) in [6, 6.07) is 4.11. The zero-order valence-corrected chi connectivity index (χ0v) is 12.2. The van der Waals surface area contributed by atoms with Gasteiger partial charge in [0.15, 0.2) is 5.78 Å². The first kappa shape index (κ1) is 12.6. The smallest absolute Gasteiger partial charge is 0.178 e. The third kappa shape index (κ3) is 2.50. The highest BCUT2D eigenvalue weighted by atomic mass is 32.1. The van der Waals surface area contributed by atoms with Gasteiger partial charge in [-0.15, -0.1) is 11.3 Å². The monoisotopic (exact) mass is 274 g/mol. The van der Waals surface area contributed by atoms with E-state index in [1.165, 1.54) is 23.3 Å². The fraction of sp³-hybridized carbons (Fsp3) is 0.467. The Labute approximate surface area is 117 Å². The number of rotatable bonds is 3. The molecule has 0 N–H and O–H groups in total. The van der Waals surface area contributed by atoms with Crippen LogP contribution in [-0.2, 0) is 26.3 Å². The molecule has 1 aliphatic carbocycles. The number of ketones is 1. The number of carbonyl (C=O) groups is 1. The number of hydrogen-bond donors (Lipinski definition) is 0. The van der Waals surface area contributed by atoms with Gasteiger partial charge in [0, 0.05) is 17.6 Å². The first-order valence-electron chi connectivity index (χ1n) is 6.78. The molecule has 0 amide bonds. The molecule has 0 aliphatic heterocycles. The van der Waals surface area contributed by atoms with E-state index in [1.54, 1.807) is 16.0 Å². The van der Waals surface area contributed by atoms with Crippen molar-refractivity contribution in [3.63, 3.8) is 0 Å². The highest BCUT2D eigenvalue weighted by molar-refractivity contribution is 7.14. The number of nitrogens with zero attached hydrogens (tertiary/aromatic N) is 2. The number of hydrogen-bond acceptors (Lipinski definition) is 3. The summed E-state index contributed by atoms with van der Waals surface area (Å²) in [6.07, 6.45) is 5.28. The van der Waals surface area contributed by atoms with E-state index in [9.17, 15) is 4.79 Å². The summed E-state index contributed by atoms with van der Waals surface area (Å²) in [4.78, 5) is 14.7. The van der Waals surface area contributed by atoms with Gasteiger partial charge in [-0.25, -0.2) is 0 Å². The van der Waals surface area contributed by atoms with Crippen molar-refractivity contribution in [3.8, 4) is 0 Å². The molecule has 0 unspecified atom stereocenters. The molecule has 0 radical (unpaired) electrons. The number of fused-ring (bicyclic) bond motifs is 1. The summed E-state index contributed by atoms with van der Waals surface area (Å²) in [5, 5.41) is 4.29. The quantitative estimate of drug-likeness (QED) is 0.806. The number of thiophene rings is 1. The third-order valence-corrected chi connectivity index (χ3v) is 4.99. The van der Waals surface area contributed by atoms with Gasteiger partial charge in [0.25, 0.3) is 0 Å². The number of Topliss-reactive ketones (excluding diaryl/α,β-unsaturated/α-hetero) is 1. The van der Waals surface area contributed by atoms with Crippen molar-refractivity contribution >= 4 is 17.1 Å². The normalized spacial score (nSPS) is 14.4. The Morgan fingerprint density at radius 2 is 2.16 bits per heavy atom. The second kappa shape index (κ2) is 4.93. The molecule has 19 heavy (non-hydrogen) atoms. The van der Waals surface area contributed by atoms with Gasteiger partial charge in [-0.2, -0.15) is 5.10 Å². The molecule has 3 nitrogen and oxygen atoms in total. The van der Waals surface area contributed by atoms with Crippen LogP contribution in [0, 0.1) is 6.92 Å². The zero-order valence-electron chi connectivity index (χ0n) is 11.4. The van der Waals surface area contributed by atoms with Gasteiger partial charge in [-0.1, -0.05) is 0 Å². The van der Waals surface area contributed by atoms with Gasteiger partial charge in [0.1, 0.15) is 0 Å². The van der Waals surface area contributed by atoms with Crippen molar-refractivity contribution < 1.29 is 4.79 Å². The molecule has 2 aromatic heterocycles. The fourth-order valence-electron chi connectivity index (χ4n) is 2.71. The molecule has 100 valence electrons. The number of carbonyl (C=O) groups excluding carboxylic acids is 1. The molecular weight excluding hydrogens is 256 g/mol. The van der Waals surface area contributed by atoms with E-state index in [1.807, 2.05) is 20.0 Å². The number of aryl methyl sites for hydroxylation is 4. The van der Waals surface area contributed by atoms with Crippen LogP contribution in [0.3, 0.4) is 0 Å². The summed E-state index contributed by atoms with van der Waals surface area (Å²) in [7, 11) is 1.90. The van der Waals surface area contributed by atoms with Crippen LogP contribution in [0.4, 0.5) is 0 Å². The maximum Gasteiger partial charge on any atom is 0.178 e. The Bertz CT molecular complexity index is 601.